The van der Waals surface area contributed by atoms with Gasteiger partial charge in [-0.15, -0.1) is 0 Å². The highest BCUT2D eigenvalue weighted by atomic mass is 16.5. The van der Waals surface area contributed by atoms with E-state index in [1.165, 1.54) is 20.1 Å². The zero-order valence-electron chi connectivity index (χ0n) is 10.7. The Morgan fingerprint density at radius 3 is 2.78 bits per heavy atom. The molecule has 0 aliphatic heterocycles. The molecule has 1 aromatic carbocycles. The van der Waals surface area contributed by atoms with Gasteiger partial charge in [-0.25, -0.2) is 0 Å². The van der Waals surface area contributed by atoms with Crippen molar-refractivity contribution in [2.75, 3.05) is 7.11 Å². The molecule has 1 atom stereocenters. The quantitative estimate of drug-likeness (QED) is 0.842. The fraction of sp³-hybridized carbons (Fsp3) is 0.385. The molecule has 0 aliphatic carbocycles. The Morgan fingerprint density at radius 1 is 1.61 bits per heavy atom. The Morgan fingerprint density at radius 2 is 2.28 bits per heavy atom. The van der Waals surface area contributed by atoms with Gasteiger partial charge in [0.2, 0.25) is 5.91 Å². The standard InChI is InChI=1S/C13H16N2O3/c1-9(16)15-13(2,8-14)7-10-4-5-11(17)12(6-10)18-3/h4-6,17H,7H2,1-3H3,(H,15,16). The van der Waals surface area contributed by atoms with Crippen LogP contribution < -0.4 is 10.1 Å². The Bertz CT molecular complexity index is 493. The van der Waals surface area contributed by atoms with E-state index in [9.17, 15) is 9.90 Å². The Labute approximate surface area is 106 Å². The number of nitrogens with one attached hydrogen (secondary N) is 1. The minimum Gasteiger partial charge on any atom is -0.504 e. The van der Waals surface area contributed by atoms with Crippen LogP contribution in [-0.4, -0.2) is 23.7 Å². The molecule has 0 radical (unpaired) electrons. The van der Waals surface area contributed by atoms with E-state index in [0.717, 1.165) is 5.56 Å². The molecule has 0 bridgehead atoms. The van der Waals surface area contributed by atoms with Gasteiger partial charge in [-0.3, -0.25) is 4.79 Å². The van der Waals surface area contributed by atoms with Crippen LogP contribution in [0.2, 0.25) is 0 Å². The SMILES string of the molecule is COc1cc(CC(C)(C#N)NC(C)=O)ccc1O. The fourth-order valence-corrected chi connectivity index (χ4v) is 1.74. The van der Waals surface area contributed by atoms with Crippen molar-refractivity contribution in [1.29, 1.82) is 5.26 Å². The van der Waals surface area contributed by atoms with Crippen molar-refractivity contribution in [3.05, 3.63) is 23.8 Å². The van der Waals surface area contributed by atoms with Crippen molar-refractivity contribution < 1.29 is 14.6 Å². The third-order valence-corrected chi connectivity index (χ3v) is 2.50. The average molecular weight is 248 g/mol. The van der Waals surface area contributed by atoms with Crippen molar-refractivity contribution in [2.24, 2.45) is 0 Å². The largest absolute Gasteiger partial charge is 0.504 e. The molecule has 0 spiro atoms. The first-order valence-electron chi connectivity index (χ1n) is 5.46. The molecule has 0 aromatic heterocycles. The van der Waals surface area contributed by atoms with Crippen LogP contribution in [-0.2, 0) is 11.2 Å². The molecule has 0 saturated carbocycles. The highest BCUT2D eigenvalue weighted by Gasteiger charge is 2.25. The van der Waals surface area contributed by atoms with Crippen molar-refractivity contribution in [2.45, 2.75) is 25.8 Å². The van der Waals surface area contributed by atoms with Gasteiger partial charge in [-0.1, -0.05) is 6.07 Å². The normalized spacial score (nSPS) is 13.2. The average Bonchev–Trinajstić information content (AvgIpc) is 2.30. The summed E-state index contributed by atoms with van der Waals surface area (Å²) in [7, 11) is 1.45. The number of amides is 1. The Kier molecular flexibility index (Phi) is 4.16. The zero-order chi connectivity index (χ0) is 13.8. The van der Waals surface area contributed by atoms with E-state index in [1.807, 2.05) is 0 Å². The maximum Gasteiger partial charge on any atom is 0.218 e. The van der Waals surface area contributed by atoms with Crippen LogP contribution >= 0.6 is 0 Å². The molecule has 1 amide bonds. The number of aromatic hydroxyl groups is 1. The van der Waals surface area contributed by atoms with Gasteiger partial charge in [-0.05, 0) is 24.6 Å². The number of phenolic OH excluding ortho intramolecular Hbond substituents is 1. The smallest absolute Gasteiger partial charge is 0.218 e. The van der Waals surface area contributed by atoms with Crippen LogP contribution in [0, 0.1) is 11.3 Å². The number of ether oxygens (including phenoxy) is 1. The molecule has 1 aromatic rings. The van der Waals surface area contributed by atoms with Crippen LogP contribution in [0.3, 0.4) is 0 Å². The number of hydrogen-bond acceptors (Lipinski definition) is 4. The molecule has 0 heterocycles. The summed E-state index contributed by atoms with van der Waals surface area (Å²) < 4.78 is 4.99. The number of nitriles is 1. The third kappa shape index (κ3) is 3.39. The number of hydrogen-bond donors (Lipinski definition) is 2. The summed E-state index contributed by atoms with van der Waals surface area (Å²) in [5.41, 5.74) is -0.184. The van der Waals surface area contributed by atoms with Gasteiger partial charge < -0.3 is 15.2 Å². The molecule has 5 heteroatoms. The summed E-state index contributed by atoms with van der Waals surface area (Å²) in [6.07, 6.45) is 0.333. The first kappa shape index (κ1) is 13.8. The van der Waals surface area contributed by atoms with Gasteiger partial charge >= 0.3 is 0 Å². The number of methoxy groups -OCH3 is 1. The second-order valence-corrected chi connectivity index (χ2v) is 4.31. The minimum atomic E-state index is -0.978. The second-order valence-electron chi connectivity index (χ2n) is 4.31. The zero-order valence-corrected chi connectivity index (χ0v) is 10.7. The van der Waals surface area contributed by atoms with E-state index in [2.05, 4.69) is 11.4 Å². The van der Waals surface area contributed by atoms with Crippen molar-refractivity contribution in [1.82, 2.24) is 5.32 Å². The highest BCUT2D eigenvalue weighted by Crippen LogP contribution is 2.27. The number of phenols is 1. The van der Waals surface area contributed by atoms with Gasteiger partial charge in [0, 0.05) is 13.3 Å². The lowest BCUT2D eigenvalue weighted by atomic mass is 9.94. The first-order valence-corrected chi connectivity index (χ1v) is 5.46. The molecule has 2 N–H and O–H groups in total. The van der Waals surface area contributed by atoms with Crippen LogP contribution in [0.4, 0.5) is 0 Å². The summed E-state index contributed by atoms with van der Waals surface area (Å²) in [4.78, 5) is 11.1. The van der Waals surface area contributed by atoms with Gasteiger partial charge in [0.05, 0.1) is 13.2 Å². The molecule has 1 rings (SSSR count). The van der Waals surface area contributed by atoms with Crippen molar-refractivity contribution >= 4 is 5.91 Å². The third-order valence-electron chi connectivity index (χ3n) is 2.50. The molecule has 5 nitrogen and oxygen atoms in total. The Balaban J connectivity index is 2.95. The summed E-state index contributed by atoms with van der Waals surface area (Å²) >= 11 is 0. The summed E-state index contributed by atoms with van der Waals surface area (Å²) in [5, 5.41) is 21.2. The molecule has 0 fully saturated rings. The number of benzene rings is 1. The number of rotatable bonds is 4. The second kappa shape index (κ2) is 5.41. The number of carbonyl (C=O) groups is 1. The van der Waals surface area contributed by atoms with Crippen LogP contribution in [0.5, 0.6) is 11.5 Å². The lowest BCUT2D eigenvalue weighted by Crippen LogP contribution is -2.45. The van der Waals surface area contributed by atoms with Gasteiger partial charge in [-0.2, -0.15) is 5.26 Å². The monoisotopic (exact) mass is 248 g/mol. The maximum absolute atomic E-state index is 11.1. The van der Waals surface area contributed by atoms with Crippen molar-refractivity contribution in [3.8, 4) is 17.6 Å². The molecule has 0 aliphatic rings. The van der Waals surface area contributed by atoms with Crippen LogP contribution in [0.15, 0.2) is 18.2 Å². The number of carbonyl (C=O) groups excluding carboxylic acids is 1. The van der Waals surface area contributed by atoms with E-state index in [1.54, 1.807) is 19.1 Å². The molecular formula is C13H16N2O3. The van der Waals surface area contributed by atoms with E-state index < -0.39 is 5.54 Å². The first-order chi connectivity index (χ1) is 8.40. The highest BCUT2D eigenvalue weighted by molar-refractivity contribution is 5.74. The van der Waals surface area contributed by atoms with E-state index in [0.29, 0.717) is 12.2 Å². The number of nitrogens with zero attached hydrogens (tertiary/aromatic N) is 1. The fourth-order valence-electron chi connectivity index (χ4n) is 1.74. The van der Waals surface area contributed by atoms with E-state index in [4.69, 9.17) is 10.00 Å². The molecule has 0 saturated heterocycles. The summed E-state index contributed by atoms with van der Waals surface area (Å²) in [6.45, 7) is 3.01. The summed E-state index contributed by atoms with van der Waals surface area (Å²) in [6, 6.07) is 6.91. The predicted molar refractivity (Wildman–Crippen MR) is 66.2 cm³/mol. The van der Waals surface area contributed by atoms with E-state index in [-0.39, 0.29) is 11.7 Å². The van der Waals surface area contributed by atoms with Gasteiger partial charge in [0.25, 0.3) is 0 Å². The van der Waals surface area contributed by atoms with E-state index >= 15 is 0 Å². The lowest BCUT2D eigenvalue weighted by molar-refractivity contribution is -0.120. The van der Waals surface area contributed by atoms with Crippen LogP contribution in [0.1, 0.15) is 19.4 Å². The van der Waals surface area contributed by atoms with Crippen molar-refractivity contribution in [3.63, 3.8) is 0 Å². The maximum atomic E-state index is 11.1. The molecule has 18 heavy (non-hydrogen) atoms. The lowest BCUT2D eigenvalue weighted by Gasteiger charge is -2.22. The molecular weight excluding hydrogens is 232 g/mol. The van der Waals surface area contributed by atoms with Gasteiger partial charge in [0.1, 0.15) is 5.54 Å². The molecule has 96 valence electrons. The molecule has 1 unspecified atom stereocenters. The summed E-state index contributed by atoms with van der Waals surface area (Å²) in [5.74, 6) is 0.125. The topological polar surface area (TPSA) is 82.3 Å². The minimum absolute atomic E-state index is 0.0411. The predicted octanol–water partition coefficient (Wildman–Crippen LogP) is 1.36. The van der Waals surface area contributed by atoms with Gasteiger partial charge in [0.15, 0.2) is 11.5 Å². The van der Waals surface area contributed by atoms with Crippen LogP contribution in [0.25, 0.3) is 0 Å². The Hall–Kier alpha value is -2.22.